The predicted molar refractivity (Wildman–Crippen MR) is 66.7 cm³/mol. The van der Waals surface area contributed by atoms with E-state index in [9.17, 15) is 0 Å². The maximum Gasteiger partial charge on any atom is 0.133 e. The predicted octanol–water partition coefficient (Wildman–Crippen LogP) is 2.16. The van der Waals surface area contributed by atoms with Crippen LogP contribution in [0.4, 0.5) is 5.82 Å². The van der Waals surface area contributed by atoms with E-state index in [1.54, 1.807) is 0 Å². The van der Waals surface area contributed by atoms with E-state index in [0.29, 0.717) is 6.04 Å². The van der Waals surface area contributed by atoms with E-state index in [0.717, 1.165) is 42.4 Å². The minimum absolute atomic E-state index is 0.426. The maximum atomic E-state index is 5.49. The number of aryl methyl sites for hydroxylation is 1. The number of nitrogens with zero attached hydrogens (tertiary/aromatic N) is 3. The molecule has 0 bridgehead atoms. The lowest BCUT2D eigenvalue weighted by molar-refractivity contribution is 0.0925. The summed E-state index contributed by atoms with van der Waals surface area (Å²) in [7, 11) is 0. The molecule has 1 aromatic heterocycles. The first kappa shape index (κ1) is 11.8. The summed E-state index contributed by atoms with van der Waals surface area (Å²) in [6, 6.07) is 2.40. The molecule has 2 heterocycles. The monoisotopic (exact) mass is 285 g/mol. The van der Waals surface area contributed by atoms with Gasteiger partial charge in [0.25, 0.3) is 0 Å². The Morgan fingerprint density at radius 2 is 2.38 bits per heavy atom. The third-order valence-electron chi connectivity index (χ3n) is 2.79. The lowest BCUT2D eigenvalue weighted by atomic mass is 10.2. The smallest absolute Gasteiger partial charge is 0.133 e. The van der Waals surface area contributed by atoms with Crippen LogP contribution in [0.1, 0.15) is 19.2 Å². The second-order valence-electron chi connectivity index (χ2n) is 3.93. The van der Waals surface area contributed by atoms with Gasteiger partial charge in [0.2, 0.25) is 0 Å². The molecule has 4 nitrogen and oxygen atoms in total. The van der Waals surface area contributed by atoms with Crippen LogP contribution in [-0.4, -0.2) is 35.8 Å². The number of anilines is 1. The van der Waals surface area contributed by atoms with Gasteiger partial charge in [-0.3, -0.25) is 0 Å². The number of rotatable bonds is 2. The number of hydrogen-bond donors (Lipinski definition) is 0. The van der Waals surface area contributed by atoms with Crippen molar-refractivity contribution in [3.8, 4) is 0 Å². The Balaban J connectivity index is 2.26. The Morgan fingerprint density at radius 3 is 3.06 bits per heavy atom. The standard InChI is InChI=1S/C11H16BrN3O/c1-3-9-7-16-5-4-15(9)11-6-10(12)13-8(2)14-11/h6,9H,3-5,7H2,1-2H3. The quantitative estimate of drug-likeness (QED) is 0.781. The topological polar surface area (TPSA) is 38.2 Å². The van der Waals surface area contributed by atoms with Gasteiger partial charge in [-0.05, 0) is 29.3 Å². The van der Waals surface area contributed by atoms with Crippen LogP contribution in [0.25, 0.3) is 0 Å². The number of hydrogen-bond acceptors (Lipinski definition) is 4. The Labute approximate surface area is 104 Å². The van der Waals surface area contributed by atoms with Gasteiger partial charge in [-0.1, -0.05) is 6.92 Å². The number of halogens is 1. The van der Waals surface area contributed by atoms with Crippen molar-refractivity contribution in [3.63, 3.8) is 0 Å². The third kappa shape index (κ3) is 2.52. The lowest BCUT2D eigenvalue weighted by Crippen LogP contribution is -2.45. The van der Waals surface area contributed by atoms with Crippen molar-refractivity contribution in [2.45, 2.75) is 26.3 Å². The van der Waals surface area contributed by atoms with Crippen molar-refractivity contribution >= 4 is 21.7 Å². The zero-order valence-electron chi connectivity index (χ0n) is 9.61. The molecule has 16 heavy (non-hydrogen) atoms. The van der Waals surface area contributed by atoms with Crippen molar-refractivity contribution in [2.24, 2.45) is 0 Å². The van der Waals surface area contributed by atoms with Crippen LogP contribution in [0.5, 0.6) is 0 Å². The van der Waals surface area contributed by atoms with Crippen molar-refractivity contribution in [1.82, 2.24) is 9.97 Å². The maximum absolute atomic E-state index is 5.49. The second-order valence-corrected chi connectivity index (χ2v) is 4.74. The second kappa shape index (κ2) is 5.10. The molecular formula is C11H16BrN3O. The van der Waals surface area contributed by atoms with Crippen molar-refractivity contribution in [2.75, 3.05) is 24.7 Å². The molecule has 88 valence electrons. The van der Waals surface area contributed by atoms with Gasteiger partial charge in [-0.15, -0.1) is 0 Å². The van der Waals surface area contributed by atoms with Crippen molar-refractivity contribution < 1.29 is 4.74 Å². The highest BCUT2D eigenvalue weighted by molar-refractivity contribution is 9.10. The first-order chi connectivity index (χ1) is 7.70. The van der Waals surface area contributed by atoms with Gasteiger partial charge in [0.1, 0.15) is 16.2 Å². The van der Waals surface area contributed by atoms with Crippen molar-refractivity contribution in [3.05, 3.63) is 16.5 Å². The van der Waals surface area contributed by atoms with Gasteiger partial charge in [-0.2, -0.15) is 0 Å². The molecule has 0 amide bonds. The summed E-state index contributed by atoms with van der Waals surface area (Å²) in [5.74, 6) is 1.79. The molecule has 0 N–H and O–H groups in total. The zero-order valence-corrected chi connectivity index (χ0v) is 11.2. The van der Waals surface area contributed by atoms with Gasteiger partial charge in [0.15, 0.2) is 0 Å². The van der Waals surface area contributed by atoms with Crippen LogP contribution in [0.2, 0.25) is 0 Å². The molecule has 2 rings (SSSR count). The summed E-state index contributed by atoms with van der Waals surface area (Å²) >= 11 is 3.41. The summed E-state index contributed by atoms with van der Waals surface area (Å²) in [4.78, 5) is 11.0. The fraction of sp³-hybridized carbons (Fsp3) is 0.636. The Morgan fingerprint density at radius 1 is 1.56 bits per heavy atom. The van der Waals surface area contributed by atoms with Crippen LogP contribution in [0.3, 0.4) is 0 Å². The zero-order chi connectivity index (χ0) is 11.5. The normalized spacial score (nSPS) is 21.2. The molecule has 0 saturated carbocycles. The molecule has 1 fully saturated rings. The minimum Gasteiger partial charge on any atom is -0.377 e. The molecule has 0 spiro atoms. The van der Waals surface area contributed by atoms with E-state index in [1.165, 1.54) is 0 Å². The lowest BCUT2D eigenvalue weighted by Gasteiger charge is -2.36. The molecule has 0 aliphatic carbocycles. The molecule has 1 aliphatic rings. The minimum atomic E-state index is 0.426. The van der Waals surface area contributed by atoms with E-state index >= 15 is 0 Å². The molecular weight excluding hydrogens is 270 g/mol. The van der Waals surface area contributed by atoms with E-state index in [2.05, 4.69) is 37.7 Å². The first-order valence-corrected chi connectivity index (χ1v) is 6.35. The summed E-state index contributed by atoms with van der Waals surface area (Å²) in [6.07, 6.45) is 1.07. The van der Waals surface area contributed by atoms with Gasteiger partial charge in [0, 0.05) is 12.6 Å². The third-order valence-corrected chi connectivity index (χ3v) is 3.19. The van der Waals surface area contributed by atoms with Crippen LogP contribution in [0, 0.1) is 6.92 Å². The molecule has 1 atom stereocenters. The van der Waals surface area contributed by atoms with Crippen LogP contribution >= 0.6 is 15.9 Å². The summed E-state index contributed by atoms with van der Waals surface area (Å²) < 4.78 is 6.33. The van der Waals surface area contributed by atoms with Gasteiger partial charge < -0.3 is 9.64 Å². The average Bonchev–Trinajstić information content (AvgIpc) is 2.27. The van der Waals surface area contributed by atoms with E-state index < -0.39 is 0 Å². The van der Waals surface area contributed by atoms with Crippen LogP contribution in [-0.2, 0) is 4.74 Å². The van der Waals surface area contributed by atoms with Crippen LogP contribution in [0.15, 0.2) is 10.7 Å². The Kier molecular flexibility index (Phi) is 3.76. The molecule has 1 unspecified atom stereocenters. The summed E-state index contributed by atoms with van der Waals surface area (Å²) in [6.45, 7) is 6.56. The Hall–Kier alpha value is -0.680. The summed E-state index contributed by atoms with van der Waals surface area (Å²) in [5, 5.41) is 0. The molecule has 5 heteroatoms. The molecule has 0 aromatic carbocycles. The summed E-state index contributed by atoms with van der Waals surface area (Å²) in [5.41, 5.74) is 0. The van der Waals surface area contributed by atoms with Crippen molar-refractivity contribution in [1.29, 1.82) is 0 Å². The highest BCUT2D eigenvalue weighted by Crippen LogP contribution is 2.21. The van der Waals surface area contributed by atoms with Gasteiger partial charge >= 0.3 is 0 Å². The largest absolute Gasteiger partial charge is 0.377 e. The number of aromatic nitrogens is 2. The molecule has 1 aliphatic heterocycles. The number of morpholine rings is 1. The first-order valence-electron chi connectivity index (χ1n) is 5.56. The van der Waals surface area contributed by atoms with E-state index in [1.807, 2.05) is 13.0 Å². The van der Waals surface area contributed by atoms with Crippen LogP contribution < -0.4 is 4.90 Å². The molecule has 1 saturated heterocycles. The fourth-order valence-electron chi connectivity index (χ4n) is 1.96. The van der Waals surface area contributed by atoms with Gasteiger partial charge in [0.05, 0.1) is 19.3 Å². The van der Waals surface area contributed by atoms with E-state index in [4.69, 9.17) is 4.74 Å². The Bertz CT molecular complexity index is 352. The van der Waals surface area contributed by atoms with Gasteiger partial charge in [-0.25, -0.2) is 9.97 Å². The molecule has 0 radical (unpaired) electrons. The molecule has 1 aromatic rings. The average molecular weight is 286 g/mol. The SMILES string of the molecule is CCC1COCCN1c1cc(Br)nc(C)n1. The highest BCUT2D eigenvalue weighted by Gasteiger charge is 2.23. The van der Waals surface area contributed by atoms with E-state index in [-0.39, 0.29) is 0 Å². The highest BCUT2D eigenvalue weighted by atomic mass is 79.9. The fourth-order valence-corrected chi connectivity index (χ4v) is 2.42. The number of ether oxygens (including phenoxy) is 1.